The zero-order chi connectivity index (χ0) is 21.8. The van der Waals surface area contributed by atoms with E-state index < -0.39 is 17.7 Å². The summed E-state index contributed by atoms with van der Waals surface area (Å²) in [5.41, 5.74) is 1.50. The fraction of sp³-hybridized carbons (Fsp3) is 0.174. The molecule has 8 heteroatoms. The number of halogens is 3. The molecule has 3 aromatic carbocycles. The number of aliphatic hydroxyl groups is 1. The maximum atomic E-state index is 13.6. The fourth-order valence-electron chi connectivity index (χ4n) is 3.12. The molecular formula is C23H19F3N2O3. The predicted octanol–water partition coefficient (Wildman–Crippen LogP) is 4.44. The van der Waals surface area contributed by atoms with Gasteiger partial charge in [-0.1, -0.05) is 11.2 Å². The van der Waals surface area contributed by atoms with Crippen LogP contribution in [0.4, 0.5) is 13.2 Å². The lowest BCUT2D eigenvalue weighted by Crippen LogP contribution is -2.31. The van der Waals surface area contributed by atoms with Crippen molar-refractivity contribution in [2.24, 2.45) is 0 Å². The number of ether oxygens (including phenoxy) is 1. The predicted molar refractivity (Wildman–Crippen MR) is 109 cm³/mol. The third-order valence-corrected chi connectivity index (χ3v) is 4.71. The molecular weight excluding hydrogens is 409 g/mol. The summed E-state index contributed by atoms with van der Waals surface area (Å²) in [5, 5.41) is 17.5. The third kappa shape index (κ3) is 5.04. The van der Waals surface area contributed by atoms with Crippen LogP contribution in [0.3, 0.4) is 0 Å². The Morgan fingerprint density at radius 1 is 0.968 bits per heavy atom. The SMILES string of the molecule is O[C@H](CNCc1ccc(F)cc1F)COc1ccc(-c2onc3cc(F)ccc23)cc1. The molecule has 1 heterocycles. The number of rotatable bonds is 8. The highest BCUT2D eigenvalue weighted by molar-refractivity contribution is 5.91. The molecule has 0 fully saturated rings. The van der Waals surface area contributed by atoms with Gasteiger partial charge < -0.3 is 19.7 Å². The molecule has 1 atom stereocenters. The van der Waals surface area contributed by atoms with Crippen LogP contribution in [0.5, 0.6) is 5.75 Å². The summed E-state index contributed by atoms with van der Waals surface area (Å²) in [6.07, 6.45) is -0.823. The molecule has 0 aliphatic heterocycles. The van der Waals surface area contributed by atoms with Crippen molar-refractivity contribution in [1.82, 2.24) is 10.5 Å². The van der Waals surface area contributed by atoms with Gasteiger partial charge in [-0.2, -0.15) is 0 Å². The Morgan fingerprint density at radius 3 is 2.48 bits per heavy atom. The number of hydrogen-bond acceptors (Lipinski definition) is 5. The lowest BCUT2D eigenvalue weighted by molar-refractivity contribution is 0.106. The summed E-state index contributed by atoms with van der Waals surface area (Å²) >= 11 is 0. The zero-order valence-corrected chi connectivity index (χ0v) is 16.3. The van der Waals surface area contributed by atoms with Gasteiger partial charge in [0.1, 0.15) is 41.4 Å². The van der Waals surface area contributed by atoms with Gasteiger partial charge in [0.15, 0.2) is 5.76 Å². The van der Waals surface area contributed by atoms with Gasteiger partial charge in [0, 0.05) is 41.7 Å². The van der Waals surface area contributed by atoms with E-state index in [1.54, 1.807) is 30.3 Å². The van der Waals surface area contributed by atoms with Crippen LogP contribution in [0, 0.1) is 17.5 Å². The second kappa shape index (κ2) is 9.20. The van der Waals surface area contributed by atoms with Crippen molar-refractivity contribution in [1.29, 1.82) is 0 Å². The number of benzene rings is 3. The molecule has 4 rings (SSSR count). The van der Waals surface area contributed by atoms with Crippen molar-refractivity contribution in [3.63, 3.8) is 0 Å². The minimum atomic E-state index is -0.823. The third-order valence-electron chi connectivity index (χ3n) is 4.71. The minimum Gasteiger partial charge on any atom is -0.491 e. The molecule has 160 valence electrons. The van der Waals surface area contributed by atoms with Crippen LogP contribution in [0.1, 0.15) is 5.56 Å². The molecule has 0 radical (unpaired) electrons. The molecule has 5 nitrogen and oxygen atoms in total. The Balaban J connectivity index is 1.28. The average Bonchev–Trinajstić information content (AvgIpc) is 3.17. The second-order valence-corrected chi connectivity index (χ2v) is 7.03. The first-order valence-corrected chi connectivity index (χ1v) is 9.60. The molecule has 0 aliphatic carbocycles. The summed E-state index contributed by atoms with van der Waals surface area (Å²) < 4.78 is 50.7. The Labute approximate surface area is 176 Å². The van der Waals surface area contributed by atoms with E-state index >= 15 is 0 Å². The molecule has 0 amide bonds. The normalized spacial score (nSPS) is 12.3. The monoisotopic (exact) mass is 428 g/mol. The van der Waals surface area contributed by atoms with Crippen LogP contribution in [-0.2, 0) is 6.54 Å². The number of aromatic nitrogens is 1. The molecule has 1 aromatic heterocycles. The number of fused-ring (bicyclic) bond motifs is 1. The number of aliphatic hydroxyl groups excluding tert-OH is 1. The fourth-order valence-corrected chi connectivity index (χ4v) is 3.12. The standard InChI is InChI=1S/C23H19F3N2O3/c24-16-4-1-15(21(26)9-16)11-27-12-18(29)13-30-19-6-2-14(3-7-19)23-20-8-5-17(25)10-22(20)28-31-23/h1-10,18,27,29H,11-13H2/t18-/m1/s1. The van der Waals surface area contributed by atoms with Crippen LogP contribution >= 0.6 is 0 Å². The molecule has 0 saturated heterocycles. The summed E-state index contributed by atoms with van der Waals surface area (Å²) in [4.78, 5) is 0. The summed E-state index contributed by atoms with van der Waals surface area (Å²) in [7, 11) is 0. The molecule has 2 N–H and O–H groups in total. The van der Waals surface area contributed by atoms with Crippen LogP contribution in [0.25, 0.3) is 22.2 Å². The first kappa shape index (κ1) is 20.9. The van der Waals surface area contributed by atoms with Crippen molar-refractivity contribution < 1.29 is 27.5 Å². The highest BCUT2D eigenvalue weighted by atomic mass is 19.1. The average molecular weight is 428 g/mol. The maximum Gasteiger partial charge on any atom is 0.174 e. The van der Waals surface area contributed by atoms with Gasteiger partial charge in [0.25, 0.3) is 0 Å². The van der Waals surface area contributed by atoms with E-state index in [0.29, 0.717) is 28.0 Å². The van der Waals surface area contributed by atoms with E-state index in [1.165, 1.54) is 24.3 Å². The van der Waals surface area contributed by atoms with Gasteiger partial charge in [-0.3, -0.25) is 0 Å². The molecule has 0 aliphatic rings. The Hall–Kier alpha value is -3.36. The maximum absolute atomic E-state index is 13.6. The van der Waals surface area contributed by atoms with Crippen LogP contribution in [0.2, 0.25) is 0 Å². The Morgan fingerprint density at radius 2 is 1.71 bits per heavy atom. The Kier molecular flexibility index (Phi) is 6.20. The van der Waals surface area contributed by atoms with E-state index in [1.807, 2.05) is 0 Å². The molecule has 0 saturated carbocycles. The van der Waals surface area contributed by atoms with E-state index in [2.05, 4.69) is 10.5 Å². The smallest absolute Gasteiger partial charge is 0.174 e. The molecule has 0 bridgehead atoms. The highest BCUT2D eigenvalue weighted by Gasteiger charge is 2.12. The summed E-state index contributed by atoms with van der Waals surface area (Å²) in [6, 6.07) is 14.6. The van der Waals surface area contributed by atoms with Gasteiger partial charge in [-0.05, 0) is 42.5 Å². The minimum absolute atomic E-state index is 0.0305. The van der Waals surface area contributed by atoms with E-state index in [9.17, 15) is 18.3 Å². The van der Waals surface area contributed by atoms with Gasteiger partial charge in [0.2, 0.25) is 0 Å². The van der Waals surface area contributed by atoms with Crippen molar-refractivity contribution in [3.8, 4) is 17.1 Å². The second-order valence-electron chi connectivity index (χ2n) is 7.03. The lowest BCUT2D eigenvalue weighted by atomic mass is 10.1. The Bertz CT molecular complexity index is 1180. The molecule has 0 spiro atoms. The van der Waals surface area contributed by atoms with Crippen LogP contribution < -0.4 is 10.1 Å². The largest absolute Gasteiger partial charge is 0.491 e. The van der Waals surface area contributed by atoms with Crippen molar-refractivity contribution in [2.45, 2.75) is 12.6 Å². The molecule has 4 aromatic rings. The first-order chi connectivity index (χ1) is 15.0. The van der Waals surface area contributed by atoms with Crippen LogP contribution in [0.15, 0.2) is 65.2 Å². The van der Waals surface area contributed by atoms with Crippen LogP contribution in [-0.4, -0.2) is 29.5 Å². The summed E-state index contributed by atoms with van der Waals surface area (Å²) in [6.45, 7) is 0.366. The van der Waals surface area contributed by atoms with Gasteiger partial charge >= 0.3 is 0 Å². The highest BCUT2D eigenvalue weighted by Crippen LogP contribution is 2.30. The van der Waals surface area contributed by atoms with Gasteiger partial charge in [-0.25, -0.2) is 13.2 Å². The van der Waals surface area contributed by atoms with E-state index in [4.69, 9.17) is 9.26 Å². The quantitative estimate of drug-likeness (QED) is 0.434. The number of nitrogens with one attached hydrogen (secondary N) is 1. The molecule has 31 heavy (non-hydrogen) atoms. The van der Waals surface area contributed by atoms with Crippen molar-refractivity contribution in [3.05, 3.63) is 83.7 Å². The van der Waals surface area contributed by atoms with E-state index in [-0.39, 0.29) is 25.5 Å². The topological polar surface area (TPSA) is 67.5 Å². The zero-order valence-electron chi connectivity index (χ0n) is 16.3. The summed E-state index contributed by atoms with van der Waals surface area (Å²) in [5.74, 6) is -0.581. The van der Waals surface area contributed by atoms with Crippen molar-refractivity contribution >= 4 is 10.9 Å². The van der Waals surface area contributed by atoms with Gasteiger partial charge in [-0.15, -0.1) is 0 Å². The molecule has 0 unspecified atom stereocenters. The van der Waals surface area contributed by atoms with Gasteiger partial charge in [0.05, 0.1) is 0 Å². The van der Waals surface area contributed by atoms with E-state index in [0.717, 1.165) is 11.6 Å². The first-order valence-electron chi connectivity index (χ1n) is 9.60. The van der Waals surface area contributed by atoms with Crippen molar-refractivity contribution in [2.75, 3.05) is 13.2 Å². The number of nitrogens with zero attached hydrogens (tertiary/aromatic N) is 1. The number of hydrogen-bond donors (Lipinski definition) is 2. The lowest BCUT2D eigenvalue weighted by Gasteiger charge is -2.14.